The number of hydrogen-bond acceptors (Lipinski definition) is 6. The van der Waals surface area contributed by atoms with E-state index in [4.69, 9.17) is 9.47 Å². The van der Waals surface area contributed by atoms with Crippen molar-refractivity contribution in [3.05, 3.63) is 41.2 Å². The molecule has 0 aliphatic carbocycles. The van der Waals surface area contributed by atoms with Gasteiger partial charge in [0.1, 0.15) is 11.9 Å². The van der Waals surface area contributed by atoms with Crippen LogP contribution in [-0.4, -0.2) is 69.9 Å². The molecule has 0 spiro atoms. The van der Waals surface area contributed by atoms with Gasteiger partial charge < -0.3 is 19.3 Å². The van der Waals surface area contributed by atoms with Gasteiger partial charge in [0.25, 0.3) is 5.91 Å². The molecule has 2 aliphatic rings. The van der Waals surface area contributed by atoms with Gasteiger partial charge in [0.05, 0.1) is 26.0 Å². The molecule has 4 rings (SSSR count). The quantitative estimate of drug-likeness (QED) is 0.779. The molecule has 2 amide bonds. The zero-order valence-corrected chi connectivity index (χ0v) is 16.0. The van der Waals surface area contributed by atoms with Gasteiger partial charge in [0.2, 0.25) is 5.91 Å². The van der Waals surface area contributed by atoms with Gasteiger partial charge >= 0.3 is 0 Å². The van der Waals surface area contributed by atoms with Gasteiger partial charge in [-0.05, 0) is 17.7 Å². The third-order valence-electron chi connectivity index (χ3n) is 5.30. The lowest BCUT2D eigenvalue weighted by atomic mass is 10.1. The Labute approximate surface area is 162 Å². The number of hydrogen-bond donors (Lipinski definition) is 0. The summed E-state index contributed by atoms with van der Waals surface area (Å²) in [5.74, 6) is 0.667. The van der Waals surface area contributed by atoms with Crippen LogP contribution in [0.1, 0.15) is 34.8 Å². The largest absolute Gasteiger partial charge is 0.497 e. The Kier molecular flexibility index (Phi) is 4.99. The molecule has 1 aromatic heterocycles. The Morgan fingerprint density at radius 3 is 2.43 bits per heavy atom. The molecule has 1 fully saturated rings. The molecule has 0 radical (unpaired) electrons. The minimum Gasteiger partial charge on any atom is -0.497 e. The van der Waals surface area contributed by atoms with Crippen molar-refractivity contribution < 1.29 is 19.1 Å². The summed E-state index contributed by atoms with van der Waals surface area (Å²) < 4.78 is 12.9. The van der Waals surface area contributed by atoms with E-state index in [1.54, 1.807) is 28.5 Å². The molecular weight excluding hydrogens is 362 g/mol. The van der Waals surface area contributed by atoms with Crippen LogP contribution in [0.5, 0.6) is 5.75 Å². The summed E-state index contributed by atoms with van der Waals surface area (Å²) in [6.45, 7) is 4.41. The van der Waals surface area contributed by atoms with Crippen molar-refractivity contribution in [1.29, 1.82) is 0 Å². The number of carbonyl (C=O) groups is 2. The average molecular weight is 385 g/mol. The Bertz CT molecular complexity index is 871. The highest BCUT2D eigenvalue weighted by Gasteiger charge is 2.31. The molecule has 0 saturated carbocycles. The Morgan fingerprint density at radius 2 is 1.79 bits per heavy atom. The van der Waals surface area contributed by atoms with Crippen molar-refractivity contribution in [1.82, 2.24) is 24.8 Å². The highest BCUT2D eigenvalue weighted by molar-refractivity contribution is 5.93. The number of ether oxygens (including phenoxy) is 2. The Morgan fingerprint density at radius 1 is 1.11 bits per heavy atom. The molecule has 3 heterocycles. The van der Waals surface area contributed by atoms with Crippen molar-refractivity contribution >= 4 is 11.8 Å². The second kappa shape index (κ2) is 7.59. The summed E-state index contributed by atoms with van der Waals surface area (Å²) >= 11 is 0. The van der Waals surface area contributed by atoms with Crippen molar-refractivity contribution in [2.45, 2.75) is 26.2 Å². The first kappa shape index (κ1) is 18.4. The van der Waals surface area contributed by atoms with Crippen LogP contribution in [0.2, 0.25) is 0 Å². The van der Waals surface area contributed by atoms with E-state index < -0.39 is 0 Å². The lowest BCUT2D eigenvalue weighted by molar-refractivity contribution is -0.130. The number of carbonyl (C=O) groups excluding carboxylic acids is 2. The number of benzene rings is 1. The maximum Gasteiger partial charge on any atom is 0.276 e. The normalized spacial score (nSPS) is 19.3. The number of piperazine rings is 1. The van der Waals surface area contributed by atoms with Crippen molar-refractivity contribution in [2.75, 3.05) is 33.3 Å². The first-order valence-corrected chi connectivity index (χ1v) is 9.29. The van der Waals surface area contributed by atoms with Crippen LogP contribution in [0, 0.1) is 0 Å². The predicted octanol–water partition coefficient (Wildman–Crippen LogP) is 0.862. The van der Waals surface area contributed by atoms with Crippen LogP contribution in [-0.2, 0) is 22.7 Å². The zero-order valence-electron chi connectivity index (χ0n) is 16.0. The second-order valence-electron chi connectivity index (χ2n) is 6.94. The molecule has 28 heavy (non-hydrogen) atoms. The van der Waals surface area contributed by atoms with Crippen molar-refractivity contribution in [3.63, 3.8) is 0 Å². The third kappa shape index (κ3) is 3.45. The van der Waals surface area contributed by atoms with Gasteiger partial charge in [0.15, 0.2) is 5.69 Å². The molecule has 9 heteroatoms. The van der Waals surface area contributed by atoms with Gasteiger partial charge in [-0.2, -0.15) is 0 Å². The number of nitrogens with zero attached hydrogens (tertiary/aromatic N) is 5. The van der Waals surface area contributed by atoms with Gasteiger partial charge in [-0.25, -0.2) is 4.68 Å². The zero-order chi connectivity index (χ0) is 19.7. The first-order chi connectivity index (χ1) is 13.6. The fourth-order valence-corrected chi connectivity index (χ4v) is 3.57. The number of aromatic nitrogens is 3. The molecule has 0 bridgehead atoms. The molecule has 1 aromatic carbocycles. The highest BCUT2D eigenvalue weighted by Crippen LogP contribution is 2.28. The maximum atomic E-state index is 12.9. The monoisotopic (exact) mass is 385 g/mol. The molecule has 2 aromatic rings. The molecule has 1 atom stereocenters. The SMILES string of the molecule is COc1ccc([C@H]2Cn3nnc(C(=O)N4CCN(C(C)=O)CC4)c3CO2)cc1. The lowest BCUT2D eigenvalue weighted by Crippen LogP contribution is -2.50. The van der Waals surface area contributed by atoms with Crippen LogP contribution in [0.4, 0.5) is 0 Å². The van der Waals surface area contributed by atoms with Crippen LogP contribution in [0.3, 0.4) is 0 Å². The van der Waals surface area contributed by atoms with E-state index in [2.05, 4.69) is 10.3 Å². The van der Waals surface area contributed by atoms with E-state index in [1.807, 2.05) is 24.3 Å². The molecule has 0 unspecified atom stereocenters. The second-order valence-corrected chi connectivity index (χ2v) is 6.94. The lowest BCUT2D eigenvalue weighted by Gasteiger charge is -2.34. The highest BCUT2D eigenvalue weighted by atomic mass is 16.5. The summed E-state index contributed by atoms with van der Waals surface area (Å²) in [4.78, 5) is 27.8. The van der Waals surface area contributed by atoms with Gasteiger partial charge in [0, 0.05) is 33.1 Å². The van der Waals surface area contributed by atoms with Gasteiger partial charge in [-0.15, -0.1) is 5.10 Å². The number of fused-ring (bicyclic) bond motifs is 1. The first-order valence-electron chi connectivity index (χ1n) is 9.29. The van der Waals surface area contributed by atoms with E-state index in [1.165, 1.54) is 0 Å². The number of rotatable bonds is 3. The summed E-state index contributed by atoms with van der Waals surface area (Å²) in [6.07, 6.45) is -0.151. The van der Waals surface area contributed by atoms with E-state index in [9.17, 15) is 9.59 Å². The smallest absolute Gasteiger partial charge is 0.276 e. The average Bonchev–Trinajstić information content (AvgIpc) is 3.16. The van der Waals surface area contributed by atoms with Crippen molar-refractivity contribution in [3.8, 4) is 5.75 Å². The number of methoxy groups -OCH3 is 1. The molecule has 2 aliphatic heterocycles. The fraction of sp³-hybridized carbons (Fsp3) is 0.474. The fourth-order valence-electron chi connectivity index (χ4n) is 3.57. The Hall–Kier alpha value is -2.94. The van der Waals surface area contributed by atoms with Crippen LogP contribution in [0.25, 0.3) is 0 Å². The summed E-state index contributed by atoms with van der Waals surface area (Å²) in [6, 6.07) is 7.72. The van der Waals surface area contributed by atoms with Crippen LogP contribution >= 0.6 is 0 Å². The maximum absolute atomic E-state index is 12.9. The summed E-state index contributed by atoms with van der Waals surface area (Å²) in [5, 5.41) is 8.30. The van der Waals surface area contributed by atoms with Crippen LogP contribution < -0.4 is 4.74 Å². The predicted molar refractivity (Wildman–Crippen MR) is 98.7 cm³/mol. The van der Waals surface area contributed by atoms with E-state index >= 15 is 0 Å². The Balaban J connectivity index is 1.45. The molecule has 148 valence electrons. The number of amides is 2. The summed E-state index contributed by atoms with van der Waals surface area (Å²) in [7, 11) is 1.63. The van der Waals surface area contributed by atoms with E-state index in [-0.39, 0.29) is 24.5 Å². The molecule has 1 saturated heterocycles. The third-order valence-corrected chi connectivity index (χ3v) is 5.30. The topological polar surface area (TPSA) is 89.8 Å². The molecular formula is C19H23N5O4. The van der Waals surface area contributed by atoms with Crippen LogP contribution in [0.15, 0.2) is 24.3 Å². The molecule has 0 N–H and O–H groups in total. The van der Waals surface area contributed by atoms with Gasteiger partial charge in [-0.3, -0.25) is 9.59 Å². The van der Waals surface area contributed by atoms with Gasteiger partial charge in [-0.1, -0.05) is 17.3 Å². The minimum absolute atomic E-state index is 0.0334. The molecule has 9 nitrogen and oxygen atoms in total. The van der Waals surface area contributed by atoms with Crippen molar-refractivity contribution in [2.24, 2.45) is 0 Å². The summed E-state index contributed by atoms with van der Waals surface area (Å²) in [5.41, 5.74) is 2.06. The van der Waals surface area contributed by atoms with E-state index in [0.29, 0.717) is 44.1 Å². The standard InChI is InChI=1S/C19H23N5O4/c1-13(25)22-7-9-23(10-8-22)19(26)18-16-12-28-17(11-24(16)21-20-18)14-3-5-15(27-2)6-4-14/h3-6,17H,7-12H2,1-2H3/t17-/m1/s1. The van der Waals surface area contributed by atoms with E-state index in [0.717, 1.165) is 11.3 Å². The minimum atomic E-state index is -0.157.